The van der Waals surface area contributed by atoms with Crippen molar-refractivity contribution in [2.75, 3.05) is 5.32 Å². The van der Waals surface area contributed by atoms with E-state index in [0.29, 0.717) is 22.4 Å². The van der Waals surface area contributed by atoms with Gasteiger partial charge < -0.3 is 5.32 Å². The summed E-state index contributed by atoms with van der Waals surface area (Å²) in [5.41, 5.74) is 2.22. The quantitative estimate of drug-likeness (QED) is 0.856. The Bertz CT molecular complexity index is 572. The van der Waals surface area contributed by atoms with Crippen LogP contribution in [0.2, 0.25) is 15.2 Å². The van der Waals surface area contributed by atoms with Crippen LogP contribution < -0.4 is 5.32 Å². The second kappa shape index (κ2) is 5.74. The van der Waals surface area contributed by atoms with E-state index in [9.17, 15) is 0 Å². The van der Waals surface area contributed by atoms with Crippen LogP contribution in [-0.4, -0.2) is 9.97 Å². The lowest BCUT2D eigenvalue weighted by Crippen LogP contribution is -2.04. The smallest absolute Gasteiger partial charge is 0.150 e. The second-order valence-corrected chi connectivity index (χ2v) is 4.92. The Hall–Kier alpha value is -1.03. The maximum Gasteiger partial charge on any atom is 0.150 e. The van der Waals surface area contributed by atoms with Gasteiger partial charge >= 0.3 is 0 Å². The molecule has 18 heavy (non-hydrogen) atoms. The predicted molar refractivity (Wildman–Crippen MR) is 75.6 cm³/mol. The number of nitrogens with zero attached hydrogens (tertiary/aromatic N) is 2. The van der Waals surface area contributed by atoms with Gasteiger partial charge in [0.15, 0.2) is 0 Å². The summed E-state index contributed by atoms with van der Waals surface area (Å²) in [6.07, 6.45) is 3.55. The van der Waals surface area contributed by atoms with E-state index in [4.69, 9.17) is 34.8 Å². The molecule has 0 aromatic carbocycles. The summed E-state index contributed by atoms with van der Waals surface area (Å²) in [5, 5.41) is 4.11. The van der Waals surface area contributed by atoms with E-state index in [0.717, 1.165) is 11.1 Å². The molecule has 0 saturated carbocycles. The van der Waals surface area contributed by atoms with Crippen LogP contribution >= 0.6 is 34.8 Å². The summed E-state index contributed by atoms with van der Waals surface area (Å²) in [5.74, 6) is 0.509. The third kappa shape index (κ3) is 3.05. The Morgan fingerprint density at radius 1 is 1.22 bits per heavy atom. The van der Waals surface area contributed by atoms with E-state index >= 15 is 0 Å². The van der Waals surface area contributed by atoms with E-state index in [-0.39, 0.29) is 5.15 Å². The standard InChI is InChI=1S/C12H10Cl3N3/c1-7-2-3-16-5-8(7)6-17-12-10(14)4-9(13)11(15)18-12/h2-5H,6H2,1H3,(H,17,18). The molecule has 2 aromatic heterocycles. The number of nitrogens with one attached hydrogen (secondary N) is 1. The first-order chi connectivity index (χ1) is 8.58. The molecule has 0 fully saturated rings. The summed E-state index contributed by atoms with van der Waals surface area (Å²) in [6, 6.07) is 3.51. The van der Waals surface area contributed by atoms with Gasteiger partial charge in [0.2, 0.25) is 0 Å². The topological polar surface area (TPSA) is 37.8 Å². The fourth-order valence-electron chi connectivity index (χ4n) is 1.43. The lowest BCUT2D eigenvalue weighted by molar-refractivity contribution is 1.06. The third-order valence-electron chi connectivity index (χ3n) is 2.48. The minimum absolute atomic E-state index is 0.228. The van der Waals surface area contributed by atoms with Gasteiger partial charge in [-0.2, -0.15) is 0 Å². The highest BCUT2D eigenvalue weighted by Crippen LogP contribution is 2.29. The van der Waals surface area contributed by atoms with Gasteiger partial charge in [-0.1, -0.05) is 34.8 Å². The average Bonchev–Trinajstić information content (AvgIpc) is 2.34. The van der Waals surface area contributed by atoms with Crippen molar-refractivity contribution in [2.45, 2.75) is 13.5 Å². The van der Waals surface area contributed by atoms with Crippen molar-refractivity contribution >= 4 is 40.6 Å². The summed E-state index contributed by atoms with van der Waals surface area (Å²) in [7, 11) is 0. The highest BCUT2D eigenvalue weighted by Gasteiger charge is 2.08. The minimum Gasteiger partial charge on any atom is -0.365 e. The Kier molecular flexibility index (Phi) is 4.27. The summed E-state index contributed by atoms with van der Waals surface area (Å²) in [6.45, 7) is 2.59. The molecule has 2 rings (SSSR count). The largest absolute Gasteiger partial charge is 0.365 e. The zero-order valence-electron chi connectivity index (χ0n) is 9.54. The number of pyridine rings is 2. The van der Waals surface area contributed by atoms with Crippen molar-refractivity contribution in [2.24, 2.45) is 0 Å². The molecule has 0 aliphatic carbocycles. The molecule has 0 aliphatic heterocycles. The van der Waals surface area contributed by atoms with Crippen LogP contribution in [0.5, 0.6) is 0 Å². The van der Waals surface area contributed by atoms with Gasteiger partial charge in [-0.15, -0.1) is 0 Å². The van der Waals surface area contributed by atoms with E-state index in [1.165, 1.54) is 0 Å². The van der Waals surface area contributed by atoms with Crippen LogP contribution in [-0.2, 0) is 6.54 Å². The maximum absolute atomic E-state index is 6.02. The number of aromatic nitrogens is 2. The van der Waals surface area contributed by atoms with Crippen LogP contribution in [0.4, 0.5) is 5.82 Å². The number of rotatable bonds is 3. The van der Waals surface area contributed by atoms with Gasteiger partial charge in [0, 0.05) is 18.9 Å². The maximum atomic E-state index is 6.02. The normalized spacial score (nSPS) is 10.4. The molecule has 0 atom stereocenters. The molecule has 1 N–H and O–H groups in total. The molecular weight excluding hydrogens is 293 g/mol. The fraction of sp³-hybridized carbons (Fsp3) is 0.167. The lowest BCUT2D eigenvalue weighted by atomic mass is 10.1. The number of halogens is 3. The van der Waals surface area contributed by atoms with Crippen LogP contribution in [0.1, 0.15) is 11.1 Å². The molecule has 3 nitrogen and oxygen atoms in total. The van der Waals surface area contributed by atoms with Crippen molar-refractivity contribution in [3.05, 3.63) is 50.9 Å². The van der Waals surface area contributed by atoms with Gasteiger partial charge in [0.25, 0.3) is 0 Å². The van der Waals surface area contributed by atoms with Gasteiger partial charge in [-0.25, -0.2) is 4.98 Å². The Morgan fingerprint density at radius 3 is 2.72 bits per heavy atom. The minimum atomic E-state index is 0.228. The zero-order chi connectivity index (χ0) is 13.1. The monoisotopic (exact) mass is 301 g/mol. The van der Waals surface area contributed by atoms with Crippen LogP contribution in [0.15, 0.2) is 24.5 Å². The number of hydrogen-bond acceptors (Lipinski definition) is 3. The first-order valence-corrected chi connectivity index (χ1v) is 6.36. The molecule has 0 spiro atoms. The fourth-order valence-corrected chi connectivity index (χ4v) is 1.99. The van der Waals surface area contributed by atoms with Crippen molar-refractivity contribution in [1.29, 1.82) is 0 Å². The Labute approximate surface area is 120 Å². The molecule has 2 aromatic rings. The van der Waals surface area contributed by atoms with Crippen molar-refractivity contribution in [3.8, 4) is 0 Å². The van der Waals surface area contributed by atoms with Crippen molar-refractivity contribution in [3.63, 3.8) is 0 Å². The van der Waals surface area contributed by atoms with Gasteiger partial charge in [-0.3, -0.25) is 4.98 Å². The van der Waals surface area contributed by atoms with E-state index in [2.05, 4.69) is 15.3 Å². The molecule has 0 bridgehead atoms. The molecule has 2 heterocycles. The summed E-state index contributed by atoms with van der Waals surface area (Å²) in [4.78, 5) is 8.16. The van der Waals surface area contributed by atoms with Crippen molar-refractivity contribution < 1.29 is 0 Å². The van der Waals surface area contributed by atoms with Crippen LogP contribution in [0.25, 0.3) is 0 Å². The van der Waals surface area contributed by atoms with Gasteiger partial charge in [0.05, 0.1) is 10.0 Å². The molecular formula is C12H10Cl3N3. The third-order valence-corrected chi connectivity index (χ3v) is 3.44. The Morgan fingerprint density at radius 2 is 2.00 bits per heavy atom. The number of anilines is 1. The highest BCUT2D eigenvalue weighted by molar-refractivity contribution is 6.42. The highest BCUT2D eigenvalue weighted by atomic mass is 35.5. The molecule has 0 saturated heterocycles. The first-order valence-electron chi connectivity index (χ1n) is 5.23. The SMILES string of the molecule is Cc1ccncc1CNc1nc(Cl)c(Cl)cc1Cl. The first kappa shape index (κ1) is 13.4. The van der Waals surface area contributed by atoms with E-state index < -0.39 is 0 Å². The van der Waals surface area contributed by atoms with Crippen LogP contribution in [0.3, 0.4) is 0 Å². The molecule has 0 amide bonds. The van der Waals surface area contributed by atoms with Gasteiger partial charge in [0.1, 0.15) is 11.0 Å². The predicted octanol–water partition coefficient (Wildman–Crippen LogP) is 4.36. The summed E-state index contributed by atoms with van der Waals surface area (Å²) < 4.78 is 0. The van der Waals surface area contributed by atoms with E-state index in [1.807, 2.05) is 13.0 Å². The van der Waals surface area contributed by atoms with Gasteiger partial charge in [-0.05, 0) is 30.2 Å². The number of hydrogen-bond donors (Lipinski definition) is 1. The lowest BCUT2D eigenvalue weighted by Gasteiger charge is -2.10. The van der Waals surface area contributed by atoms with E-state index in [1.54, 1.807) is 18.5 Å². The molecule has 0 aliphatic rings. The average molecular weight is 303 g/mol. The second-order valence-electron chi connectivity index (χ2n) is 3.75. The number of aryl methyl sites for hydroxylation is 1. The van der Waals surface area contributed by atoms with Crippen molar-refractivity contribution in [1.82, 2.24) is 9.97 Å². The van der Waals surface area contributed by atoms with Crippen LogP contribution in [0, 0.1) is 6.92 Å². The Balaban J connectivity index is 2.16. The molecule has 6 heteroatoms. The molecule has 94 valence electrons. The summed E-state index contributed by atoms with van der Waals surface area (Å²) >= 11 is 17.7. The zero-order valence-corrected chi connectivity index (χ0v) is 11.8. The molecule has 0 radical (unpaired) electrons. The molecule has 0 unspecified atom stereocenters.